The molecule has 0 unspecified atom stereocenters. The Labute approximate surface area is 256 Å². The molecule has 0 saturated heterocycles. The van der Waals surface area contributed by atoms with Crippen LogP contribution in [0.15, 0.2) is 83.3 Å². The summed E-state index contributed by atoms with van der Waals surface area (Å²) in [5.41, 5.74) is 3.94. The van der Waals surface area contributed by atoms with Crippen molar-refractivity contribution in [2.75, 3.05) is 30.8 Å². The van der Waals surface area contributed by atoms with E-state index in [-0.39, 0.29) is 22.6 Å². The van der Waals surface area contributed by atoms with E-state index >= 15 is 0 Å². The third kappa shape index (κ3) is 4.78. The summed E-state index contributed by atoms with van der Waals surface area (Å²) in [6.45, 7) is -1.10. The van der Waals surface area contributed by atoms with E-state index in [2.05, 4.69) is 5.32 Å². The molecule has 3 aromatic carbocycles. The van der Waals surface area contributed by atoms with Gasteiger partial charge < -0.3 is 19.0 Å². The molecule has 12 heteroatoms. The van der Waals surface area contributed by atoms with E-state index in [1.165, 1.54) is 37.4 Å². The van der Waals surface area contributed by atoms with Gasteiger partial charge in [-0.1, -0.05) is 18.2 Å². The van der Waals surface area contributed by atoms with Gasteiger partial charge in [0, 0.05) is 35.0 Å². The fourth-order valence-electron chi connectivity index (χ4n) is 5.82. The first-order chi connectivity index (χ1) is 21.7. The van der Waals surface area contributed by atoms with Crippen molar-refractivity contribution < 1.29 is 31.1 Å². The fourth-order valence-corrected chi connectivity index (χ4v) is 6.73. The van der Waals surface area contributed by atoms with Gasteiger partial charge in [0.25, 0.3) is 5.91 Å². The molecular formula is C33H26F2N4O5S. The molecule has 0 radical (unpaired) electrons. The normalized spacial score (nSPS) is 12.5. The molecule has 0 aliphatic carbocycles. The van der Waals surface area contributed by atoms with Crippen LogP contribution in [-0.2, 0) is 16.8 Å². The van der Waals surface area contributed by atoms with Gasteiger partial charge in [-0.25, -0.2) is 22.2 Å². The number of carbonyl (C=O) groups is 1. The van der Waals surface area contributed by atoms with Crippen LogP contribution in [0, 0.1) is 5.82 Å². The van der Waals surface area contributed by atoms with Crippen LogP contribution in [-0.4, -0.2) is 50.4 Å². The van der Waals surface area contributed by atoms with E-state index in [0.29, 0.717) is 40.4 Å². The number of carbonyl (C=O) groups excluding carboxylic acids is 1. The van der Waals surface area contributed by atoms with Crippen molar-refractivity contribution in [3.05, 3.63) is 90.2 Å². The maximum atomic E-state index is 13.8. The van der Waals surface area contributed by atoms with Gasteiger partial charge in [0.15, 0.2) is 6.73 Å². The van der Waals surface area contributed by atoms with Gasteiger partial charge in [-0.15, -0.1) is 0 Å². The van der Waals surface area contributed by atoms with E-state index in [9.17, 15) is 22.0 Å². The molecule has 3 aromatic heterocycles. The van der Waals surface area contributed by atoms with Crippen molar-refractivity contribution in [3.8, 4) is 39.7 Å². The van der Waals surface area contributed by atoms with Crippen LogP contribution in [0.3, 0.4) is 0 Å². The number of pyridine rings is 1. The van der Waals surface area contributed by atoms with E-state index in [1.54, 1.807) is 18.2 Å². The molecular weight excluding hydrogens is 602 g/mol. The average molecular weight is 629 g/mol. The highest BCUT2D eigenvalue weighted by Gasteiger charge is 2.29. The maximum Gasteiger partial charge on any atom is 0.255 e. The molecule has 9 nitrogen and oxygen atoms in total. The first-order valence-corrected chi connectivity index (χ1v) is 15.9. The summed E-state index contributed by atoms with van der Waals surface area (Å²) in [4.78, 5) is 18.2. The van der Waals surface area contributed by atoms with Crippen molar-refractivity contribution in [2.24, 2.45) is 0 Å². The monoisotopic (exact) mass is 628 g/mol. The lowest BCUT2D eigenvalue weighted by molar-refractivity contribution is 0.0964. The molecule has 1 N–H and O–H groups in total. The largest absolute Gasteiger partial charge is 0.470 e. The van der Waals surface area contributed by atoms with Crippen LogP contribution >= 0.6 is 0 Å². The summed E-state index contributed by atoms with van der Waals surface area (Å²) < 4.78 is 68.7. The third-order valence-corrected chi connectivity index (χ3v) is 9.04. The Balaban J connectivity index is 1.51. The Morgan fingerprint density at radius 2 is 1.84 bits per heavy atom. The number of anilines is 1. The second-order valence-electron chi connectivity index (χ2n) is 10.6. The van der Waals surface area contributed by atoms with Gasteiger partial charge in [0.2, 0.25) is 10.0 Å². The molecule has 0 saturated carbocycles. The zero-order valence-corrected chi connectivity index (χ0v) is 25.0. The second-order valence-corrected chi connectivity index (χ2v) is 12.5. The van der Waals surface area contributed by atoms with Gasteiger partial charge in [0.1, 0.15) is 35.3 Å². The smallest absolute Gasteiger partial charge is 0.255 e. The summed E-state index contributed by atoms with van der Waals surface area (Å²) in [6.07, 6.45) is 0.991. The minimum atomic E-state index is -3.97. The second kappa shape index (κ2) is 10.7. The molecule has 228 valence electrons. The van der Waals surface area contributed by atoms with Gasteiger partial charge in [-0.05, 0) is 54.6 Å². The van der Waals surface area contributed by atoms with Crippen LogP contribution in [0.5, 0.6) is 5.75 Å². The Morgan fingerprint density at radius 1 is 1.07 bits per heavy atom. The standard InChI is InChI=1S/C33H26F2N4O5S/c1-36-33(40)30-23-16-22(24-11-12-28-31(37-24)27-15-20-5-3-4-6-25(20)38(27)18-43-28)26(39(14-13-34)45(2,41)42)17-29(23)44-32(30)19-7-9-21(35)10-8-19/h3-12,15-17H,13-14,18H2,1-2H3,(H,36,40). The molecule has 0 fully saturated rings. The number of halogens is 2. The lowest BCUT2D eigenvalue weighted by Gasteiger charge is -2.25. The summed E-state index contributed by atoms with van der Waals surface area (Å²) in [7, 11) is -2.50. The minimum absolute atomic E-state index is 0.121. The van der Waals surface area contributed by atoms with Crippen molar-refractivity contribution >= 4 is 43.5 Å². The molecule has 1 amide bonds. The highest BCUT2D eigenvalue weighted by Crippen LogP contribution is 2.43. The number of rotatable bonds is 7. The molecule has 1 aliphatic rings. The number of sulfonamides is 1. The first kappa shape index (κ1) is 28.5. The summed E-state index contributed by atoms with van der Waals surface area (Å²) in [5, 5.41) is 4.00. The number of furan rings is 1. The molecule has 1 aliphatic heterocycles. The Kier molecular flexibility index (Phi) is 6.81. The number of ether oxygens (including phenoxy) is 1. The number of benzene rings is 3. The van der Waals surface area contributed by atoms with Crippen LogP contribution in [0.1, 0.15) is 10.4 Å². The minimum Gasteiger partial charge on any atom is -0.470 e. The van der Waals surface area contributed by atoms with Crippen molar-refractivity contribution in [3.63, 3.8) is 0 Å². The topological polar surface area (TPSA) is 107 Å². The van der Waals surface area contributed by atoms with Gasteiger partial charge in [-0.3, -0.25) is 9.10 Å². The van der Waals surface area contributed by atoms with Crippen molar-refractivity contribution in [2.45, 2.75) is 6.73 Å². The van der Waals surface area contributed by atoms with E-state index in [4.69, 9.17) is 14.1 Å². The zero-order chi connectivity index (χ0) is 31.5. The maximum absolute atomic E-state index is 13.8. The van der Waals surface area contributed by atoms with Gasteiger partial charge in [0.05, 0.1) is 41.0 Å². The highest BCUT2D eigenvalue weighted by atomic mass is 32.2. The number of nitrogens with zero attached hydrogens (tertiary/aromatic N) is 3. The third-order valence-electron chi connectivity index (χ3n) is 7.86. The van der Waals surface area contributed by atoms with Crippen LogP contribution in [0.2, 0.25) is 0 Å². The molecule has 45 heavy (non-hydrogen) atoms. The Morgan fingerprint density at radius 3 is 2.58 bits per heavy atom. The highest BCUT2D eigenvalue weighted by molar-refractivity contribution is 7.92. The molecule has 6 aromatic rings. The Bertz CT molecular complexity index is 2240. The van der Waals surface area contributed by atoms with Crippen molar-refractivity contribution in [1.82, 2.24) is 14.9 Å². The lowest BCUT2D eigenvalue weighted by atomic mass is 10.00. The number of alkyl halides is 1. The molecule has 0 atom stereocenters. The van der Waals surface area contributed by atoms with Crippen LogP contribution < -0.4 is 14.4 Å². The number of nitrogens with one attached hydrogen (secondary N) is 1. The van der Waals surface area contributed by atoms with E-state index in [1.807, 2.05) is 34.9 Å². The van der Waals surface area contributed by atoms with E-state index < -0.39 is 35.0 Å². The zero-order valence-electron chi connectivity index (χ0n) is 24.2. The quantitative estimate of drug-likeness (QED) is 0.220. The first-order valence-electron chi connectivity index (χ1n) is 14.0. The van der Waals surface area contributed by atoms with E-state index in [0.717, 1.165) is 27.2 Å². The number of fused-ring (bicyclic) bond motifs is 6. The molecule has 4 heterocycles. The van der Waals surface area contributed by atoms with Gasteiger partial charge in [-0.2, -0.15) is 0 Å². The number of aromatic nitrogens is 2. The molecule has 0 bridgehead atoms. The summed E-state index contributed by atoms with van der Waals surface area (Å²) in [6, 6.07) is 21.9. The Hall–Kier alpha value is -5.23. The predicted molar refractivity (Wildman–Crippen MR) is 168 cm³/mol. The SMILES string of the molecule is CNC(=O)c1c(-c2ccc(F)cc2)oc2cc(N(CCF)S(C)(=O)=O)c(-c3ccc4c(n3)-c3cc5ccccc5n3CO4)cc12. The molecule has 7 rings (SSSR count). The average Bonchev–Trinajstić information content (AvgIpc) is 3.61. The number of amides is 1. The number of hydrogen-bond acceptors (Lipinski definition) is 6. The predicted octanol–water partition coefficient (Wildman–Crippen LogP) is 6.37. The van der Waals surface area contributed by atoms with Crippen molar-refractivity contribution in [1.29, 1.82) is 0 Å². The lowest BCUT2D eigenvalue weighted by Crippen LogP contribution is -2.32. The van der Waals surface area contributed by atoms with Gasteiger partial charge >= 0.3 is 0 Å². The fraction of sp³-hybridized carbons (Fsp3) is 0.152. The number of hydrogen-bond donors (Lipinski definition) is 1. The number of para-hydroxylation sites is 1. The van der Waals surface area contributed by atoms with Crippen LogP contribution in [0.25, 0.3) is 55.8 Å². The molecule has 0 spiro atoms. The van der Waals surface area contributed by atoms with Crippen LogP contribution in [0.4, 0.5) is 14.5 Å². The summed E-state index contributed by atoms with van der Waals surface area (Å²) >= 11 is 0. The summed E-state index contributed by atoms with van der Waals surface area (Å²) in [5.74, 6) is -0.210.